The van der Waals surface area contributed by atoms with Gasteiger partial charge in [0.2, 0.25) is 5.95 Å². The zero-order valence-electron chi connectivity index (χ0n) is 16.5. The van der Waals surface area contributed by atoms with E-state index in [0.29, 0.717) is 40.8 Å². The molecule has 6 nitrogen and oxygen atoms in total. The SMILES string of the molecule is C[C@]1(O)CC[C@H](n2c(=O)c3cc(Cl)ccc3c3cnc(NCC4CC4)nc32)CC1. The van der Waals surface area contributed by atoms with Gasteiger partial charge in [-0.15, -0.1) is 0 Å². The summed E-state index contributed by atoms with van der Waals surface area (Å²) >= 11 is 6.20. The minimum absolute atomic E-state index is 0.000196. The lowest BCUT2D eigenvalue weighted by molar-refractivity contribution is 0.0100. The first kappa shape index (κ1) is 18.8. The molecule has 0 bridgehead atoms. The van der Waals surface area contributed by atoms with Crippen LogP contribution in [-0.4, -0.2) is 31.8 Å². The van der Waals surface area contributed by atoms with Crippen LogP contribution in [-0.2, 0) is 0 Å². The van der Waals surface area contributed by atoms with Gasteiger partial charge in [-0.2, -0.15) is 4.98 Å². The Morgan fingerprint density at radius 2 is 1.97 bits per heavy atom. The van der Waals surface area contributed by atoms with Crippen molar-refractivity contribution in [3.05, 3.63) is 39.8 Å². The van der Waals surface area contributed by atoms with Crippen molar-refractivity contribution in [2.75, 3.05) is 11.9 Å². The standard InChI is InChI=1S/C22H25ClN4O2/c1-22(29)8-6-15(7-9-22)27-19-18(12-25-21(26-19)24-11-13-2-3-13)16-5-4-14(23)10-17(16)20(27)28/h4-5,10,12-13,15,29H,2-3,6-9,11H2,1H3,(H,24,25,26)/t15-,22-. The molecule has 2 aliphatic rings. The maximum absolute atomic E-state index is 13.5. The van der Waals surface area contributed by atoms with Crippen LogP contribution in [0.5, 0.6) is 0 Å². The number of pyridine rings is 1. The number of fused-ring (bicyclic) bond motifs is 3. The van der Waals surface area contributed by atoms with E-state index in [0.717, 1.165) is 30.2 Å². The van der Waals surface area contributed by atoms with Crippen LogP contribution in [0.25, 0.3) is 21.8 Å². The molecule has 2 heterocycles. The Bertz CT molecular complexity index is 1140. The lowest BCUT2D eigenvalue weighted by Gasteiger charge is -2.34. The summed E-state index contributed by atoms with van der Waals surface area (Å²) in [5.41, 5.74) is -0.0831. The van der Waals surface area contributed by atoms with Crippen molar-refractivity contribution >= 4 is 39.4 Å². The molecule has 0 amide bonds. The van der Waals surface area contributed by atoms with E-state index in [1.807, 2.05) is 23.8 Å². The largest absolute Gasteiger partial charge is 0.390 e. The van der Waals surface area contributed by atoms with Crippen molar-refractivity contribution in [1.82, 2.24) is 14.5 Å². The average Bonchev–Trinajstić information content (AvgIpc) is 3.52. The van der Waals surface area contributed by atoms with Gasteiger partial charge in [0.05, 0.1) is 5.60 Å². The first-order valence-corrected chi connectivity index (χ1v) is 10.8. The Morgan fingerprint density at radius 1 is 1.21 bits per heavy atom. The molecule has 152 valence electrons. The van der Waals surface area contributed by atoms with Crippen LogP contribution in [0.3, 0.4) is 0 Å². The first-order chi connectivity index (χ1) is 13.9. The fourth-order valence-corrected chi connectivity index (χ4v) is 4.54. The van der Waals surface area contributed by atoms with Gasteiger partial charge in [0, 0.05) is 34.6 Å². The monoisotopic (exact) mass is 412 g/mol. The molecule has 2 N–H and O–H groups in total. The van der Waals surface area contributed by atoms with E-state index < -0.39 is 5.60 Å². The van der Waals surface area contributed by atoms with Crippen molar-refractivity contribution < 1.29 is 5.11 Å². The predicted molar refractivity (Wildman–Crippen MR) is 116 cm³/mol. The number of halogens is 1. The van der Waals surface area contributed by atoms with E-state index in [1.165, 1.54) is 12.8 Å². The van der Waals surface area contributed by atoms with Crippen molar-refractivity contribution in [2.24, 2.45) is 5.92 Å². The van der Waals surface area contributed by atoms with E-state index in [2.05, 4.69) is 10.3 Å². The minimum Gasteiger partial charge on any atom is -0.390 e. The molecule has 0 unspecified atom stereocenters. The molecule has 29 heavy (non-hydrogen) atoms. The molecule has 0 radical (unpaired) electrons. The molecule has 0 spiro atoms. The summed E-state index contributed by atoms with van der Waals surface area (Å²) in [5.74, 6) is 1.27. The highest BCUT2D eigenvalue weighted by atomic mass is 35.5. The molecule has 1 aromatic carbocycles. The molecule has 2 saturated carbocycles. The quantitative estimate of drug-likeness (QED) is 0.625. The van der Waals surface area contributed by atoms with E-state index in [-0.39, 0.29) is 11.6 Å². The number of anilines is 1. The van der Waals surface area contributed by atoms with E-state index >= 15 is 0 Å². The van der Waals surface area contributed by atoms with Gasteiger partial charge >= 0.3 is 0 Å². The topological polar surface area (TPSA) is 80.0 Å². The maximum Gasteiger partial charge on any atom is 0.260 e. The predicted octanol–water partition coefficient (Wildman–Crippen LogP) is 4.29. The number of hydrogen-bond donors (Lipinski definition) is 2. The van der Waals surface area contributed by atoms with Crippen LogP contribution < -0.4 is 10.9 Å². The van der Waals surface area contributed by atoms with Gasteiger partial charge in [-0.05, 0) is 68.9 Å². The Labute approximate surface area is 173 Å². The van der Waals surface area contributed by atoms with Gasteiger partial charge < -0.3 is 10.4 Å². The Kier molecular flexibility index (Phi) is 4.51. The number of hydrogen-bond acceptors (Lipinski definition) is 5. The van der Waals surface area contributed by atoms with Crippen LogP contribution in [0.4, 0.5) is 5.95 Å². The van der Waals surface area contributed by atoms with E-state index in [4.69, 9.17) is 16.6 Å². The van der Waals surface area contributed by atoms with Crippen LogP contribution in [0, 0.1) is 5.92 Å². The third-order valence-electron chi connectivity index (χ3n) is 6.36. The Balaban J connectivity index is 1.68. The van der Waals surface area contributed by atoms with Crippen LogP contribution in [0.15, 0.2) is 29.2 Å². The Hall–Kier alpha value is -2.18. The molecular formula is C22H25ClN4O2. The number of nitrogens with one attached hydrogen (secondary N) is 1. The molecule has 0 aliphatic heterocycles. The van der Waals surface area contributed by atoms with Gasteiger partial charge in [0.25, 0.3) is 5.56 Å². The summed E-state index contributed by atoms with van der Waals surface area (Å²) in [6.45, 7) is 2.73. The van der Waals surface area contributed by atoms with Gasteiger partial charge in [0.1, 0.15) is 5.65 Å². The number of nitrogens with zero attached hydrogens (tertiary/aromatic N) is 3. The lowest BCUT2D eigenvalue weighted by atomic mass is 9.83. The molecule has 5 rings (SSSR count). The number of aromatic nitrogens is 3. The zero-order valence-corrected chi connectivity index (χ0v) is 17.2. The van der Waals surface area contributed by atoms with Crippen molar-refractivity contribution in [2.45, 2.75) is 57.1 Å². The van der Waals surface area contributed by atoms with Crippen LogP contribution in [0.2, 0.25) is 5.02 Å². The fourth-order valence-electron chi connectivity index (χ4n) is 4.36. The highest BCUT2D eigenvalue weighted by molar-refractivity contribution is 6.31. The Morgan fingerprint density at radius 3 is 2.69 bits per heavy atom. The van der Waals surface area contributed by atoms with Gasteiger partial charge in [0.15, 0.2) is 0 Å². The van der Waals surface area contributed by atoms with Crippen molar-refractivity contribution in [3.63, 3.8) is 0 Å². The summed E-state index contributed by atoms with van der Waals surface area (Å²) < 4.78 is 1.81. The summed E-state index contributed by atoms with van der Waals surface area (Å²) in [7, 11) is 0. The molecule has 2 aliphatic carbocycles. The fraction of sp³-hybridized carbons (Fsp3) is 0.500. The molecule has 2 fully saturated rings. The van der Waals surface area contributed by atoms with Crippen LogP contribution in [0.1, 0.15) is 51.5 Å². The summed E-state index contributed by atoms with van der Waals surface area (Å²) in [5, 5.41) is 16.5. The average molecular weight is 413 g/mol. The van der Waals surface area contributed by atoms with Crippen molar-refractivity contribution in [1.29, 1.82) is 0 Å². The molecule has 7 heteroatoms. The molecule has 0 saturated heterocycles. The normalized spacial score (nSPS) is 24.9. The van der Waals surface area contributed by atoms with Gasteiger partial charge in [-0.1, -0.05) is 17.7 Å². The second kappa shape index (κ2) is 6.96. The second-order valence-corrected chi connectivity index (χ2v) is 9.28. The van der Waals surface area contributed by atoms with Crippen LogP contribution >= 0.6 is 11.6 Å². The van der Waals surface area contributed by atoms with E-state index in [1.54, 1.807) is 12.1 Å². The molecule has 2 aromatic heterocycles. The summed E-state index contributed by atoms with van der Waals surface area (Å²) in [6.07, 6.45) is 7.11. The first-order valence-electron chi connectivity index (χ1n) is 10.4. The third-order valence-corrected chi connectivity index (χ3v) is 6.60. The van der Waals surface area contributed by atoms with Crippen molar-refractivity contribution in [3.8, 4) is 0 Å². The second-order valence-electron chi connectivity index (χ2n) is 8.85. The summed E-state index contributed by atoms with van der Waals surface area (Å²) in [4.78, 5) is 22.8. The molecular weight excluding hydrogens is 388 g/mol. The third kappa shape index (κ3) is 3.60. The smallest absolute Gasteiger partial charge is 0.260 e. The van der Waals surface area contributed by atoms with Gasteiger partial charge in [-0.25, -0.2) is 4.98 Å². The summed E-state index contributed by atoms with van der Waals surface area (Å²) in [6, 6.07) is 5.40. The maximum atomic E-state index is 13.5. The zero-order chi connectivity index (χ0) is 20.2. The lowest BCUT2D eigenvalue weighted by Crippen LogP contribution is -2.35. The number of benzene rings is 1. The minimum atomic E-state index is -0.665. The molecule has 0 atom stereocenters. The molecule has 3 aromatic rings. The number of rotatable bonds is 4. The highest BCUT2D eigenvalue weighted by Gasteiger charge is 2.31. The highest BCUT2D eigenvalue weighted by Crippen LogP contribution is 2.36. The van der Waals surface area contributed by atoms with Gasteiger partial charge in [-0.3, -0.25) is 9.36 Å². The van der Waals surface area contributed by atoms with E-state index in [9.17, 15) is 9.90 Å². The number of aliphatic hydroxyl groups is 1.